The molecule has 2 aliphatic heterocycles. The molecule has 0 aromatic rings. The number of nitrogens with one attached hydrogen (secondary N) is 1. The van der Waals surface area contributed by atoms with Crippen molar-refractivity contribution in [2.45, 2.75) is 95.2 Å². The number of amides is 1. The predicted molar refractivity (Wildman–Crippen MR) is 115 cm³/mol. The molecule has 6 atom stereocenters. The molecule has 2 heterocycles. The zero-order valence-electron chi connectivity index (χ0n) is 19.1. The molecule has 7 nitrogen and oxygen atoms in total. The summed E-state index contributed by atoms with van der Waals surface area (Å²) >= 11 is 0. The van der Waals surface area contributed by atoms with E-state index in [0.717, 1.165) is 58.1 Å². The molecule has 1 aliphatic carbocycles. The number of alkyl carbamates (subject to hydrolysis) is 1. The van der Waals surface area contributed by atoms with Gasteiger partial charge in [-0.2, -0.15) is 0 Å². The van der Waals surface area contributed by atoms with Gasteiger partial charge in [0.1, 0.15) is 23.4 Å². The maximum Gasteiger partial charge on any atom is 0.407 e. The monoisotopic (exact) mass is 424 g/mol. The number of ether oxygens (including phenoxy) is 4. The SMILES string of the molecule is COC1C(OC(=O)NCCCCCCN)CCC2(CO2)C1[C@]1(C)OC1CC=C(C)C. The number of hydrogen-bond acceptors (Lipinski definition) is 6. The lowest BCUT2D eigenvalue weighted by Crippen LogP contribution is -2.56. The molecule has 3 aliphatic rings. The number of carbonyl (C=O) groups is 1. The van der Waals surface area contributed by atoms with Crippen molar-refractivity contribution in [1.29, 1.82) is 0 Å². The first-order valence-corrected chi connectivity index (χ1v) is 11.5. The van der Waals surface area contributed by atoms with E-state index in [1.54, 1.807) is 7.11 Å². The Morgan fingerprint density at radius 2 is 2.00 bits per heavy atom. The van der Waals surface area contributed by atoms with Crippen LogP contribution in [0.25, 0.3) is 0 Å². The van der Waals surface area contributed by atoms with E-state index in [2.05, 4.69) is 32.2 Å². The van der Waals surface area contributed by atoms with Gasteiger partial charge in [0.25, 0.3) is 0 Å². The van der Waals surface area contributed by atoms with Crippen LogP contribution in [0.5, 0.6) is 0 Å². The Balaban J connectivity index is 1.56. The van der Waals surface area contributed by atoms with Crippen LogP contribution in [0.2, 0.25) is 0 Å². The highest BCUT2D eigenvalue weighted by Gasteiger charge is 2.72. The number of allylic oxidation sites excluding steroid dienone is 1. The Morgan fingerprint density at radius 3 is 2.63 bits per heavy atom. The normalized spacial score (nSPS) is 37.0. The van der Waals surface area contributed by atoms with Crippen LogP contribution < -0.4 is 11.1 Å². The molecule has 0 bridgehead atoms. The van der Waals surface area contributed by atoms with Crippen LogP contribution >= 0.6 is 0 Å². The first-order valence-electron chi connectivity index (χ1n) is 11.5. The number of rotatable bonds is 11. The molecule has 1 spiro atoms. The third-order valence-corrected chi connectivity index (χ3v) is 6.90. The molecule has 0 aromatic heterocycles. The third kappa shape index (κ3) is 5.36. The lowest BCUT2D eigenvalue weighted by atomic mass is 9.68. The zero-order chi connectivity index (χ0) is 21.8. The van der Waals surface area contributed by atoms with Gasteiger partial charge >= 0.3 is 6.09 Å². The topological polar surface area (TPSA) is 98.6 Å². The Hall–Kier alpha value is -1.15. The molecular weight excluding hydrogens is 384 g/mol. The van der Waals surface area contributed by atoms with E-state index in [9.17, 15) is 4.79 Å². The molecule has 172 valence electrons. The molecule has 3 rings (SSSR count). The van der Waals surface area contributed by atoms with Crippen molar-refractivity contribution in [3.05, 3.63) is 11.6 Å². The van der Waals surface area contributed by atoms with Gasteiger partial charge in [0, 0.05) is 13.7 Å². The van der Waals surface area contributed by atoms with Crippen LogP contribution in [0.15, 0.2) is 11.6 Å². The number of carbonyl (C=O) groups excluding carboxylic acids is 1. The number of hydrogen-bond donors (Lipinski definition) is 2. The molecule has 0 aromatic carbocycles. The van der Waals surface area contributed by atoms with Gasteiger partial charge in [-0.3, -0.25) is 0 Å². The van der Waals surface area contributed by atoms with Crippen molar-refractivity contribution in [2.75, 3.05) is 26.8 Å². The highest BCUT2D eigenvalue weighted by molar-refractivity contribution is 5.67. The fourth-order valence-corrected chi connectivity index (χ4v) is 5.06. The van der Waals surface area contributed by atoms with Gasteiger partial charge in [-0.15, -0.1) is 0 Å². The van der Waals surface area contributed by atoms with E-state index in [4.69, 9.17) is 24.7 Å². The summed E-state index contributed by atoms with van der Waals surface area (Å²) in [4.78, 5) is 12.4. The van der Waals surface area contributed by atoms with E-state index < -0.39 is 0 Å². The maximum atomic E-state index is 12.4. The molecule has 3 N–H and O–H groups in total. The van der Waals surface area contributed by atoms with Gasteiger partial charge in [0.05, 0.1) is 18.6 Å². The molecule has 30 heavy (non-hydrogen) atoms. The van der Waals surface area contributed by atoms with Gasteiger partial charge in [-0.25, -0.2) is 4.79 Å². The quantitative estimate of drug-likeness (QED) is 0.300. The second kappa shape index (κ2) is 9.98. The summed E-state index contributed by atoms with van der Waals surface area (Å²) in [5.41, 5.74) is 6.28. The zero-order valence-corrected chi connectivity index (χ0v) is 19.1. The van der Waals surface area contributed by atoms with Gasteiger partial charge in [0.2, 0.25) is 0 Å². The summed E-state index contributed by atoms with van der Waals surface area (Å²) in [6.07, 6.45) is 8.09. The van der Waals surface area contributed by atoms with Crippen molar-refractivity contribution in [3.8, 4) is 0 Å². The molecule has 1 saturated carbocycles. The fourth-order valence-electron chi connectivity index (χ4n) is 5.06. The van der Waals surface area contributed by atoms with Crippen LogP contribution in [0.3, 0.4) is 0 Å². The van der Waals surface area contributed by atoms with E-state index in [-0.39, 0.29) is 41.5 Å². The van der Waals surface area contributed by atoms with Crippen molar-refractivity contribution in [3.63, 3.8) is 0 Å². The van der Waals surface area contributed by atoms with Crippen LogP contribution in [-0.4, -0.2) is 62.4 Å². The number of methoxy groups -OCH3 is 1. The van der Waals surface area contributed by atoms with E-state index >= 15 is 0 Å². The highest BCUT2D eigenvalue weighted by atomic mass is 16.6. The smallest absolute Gasteiger partial charge is 0.407 e. The maximum absolute atomic E-state index is 12.4. The summed E-state index contributed by atoms with van der Waals surface area (Å²) in [5.74, 6) is 0.0494. The van der Waals surface area contributed by atoms with E-state index in [1.165, 1.54) is 5.57 Å². The van der Waals surface area contributed by atoms with Crippen LogP contribution in [0, 0.1) is 5.92 Å². The first kappa shape index (κ1) is 23.5. The van der Waals surface area contributed by atoms with Gasteiger partial charge < -0.3 is 30.0 Å². The highest BCUT2D eigenvalue weighted by Crippen LogP contribution is 2.59. The molecular formula is C23H40N2O5. The minimum atomic E-state index is -0.366. The lowest BCUT2D eigenvalue weighted by Gasteiger charge is -2.42. The Labute approximate surface area is 181 Å². The molecule has 7 heteroatoms. The Bertz CT molecular complexity index is 617. The van der Waals surface area contributed by atoms with Crippen molar-refractivity contribution < 1.29 is 23.7 Å². The number of nitrogens with two attached hydrogens (primary N) is 1. The number of unbranched alkanes of at least 4 members (excludes halogenated alkanes) is 3. The average Bonchev–Trinajstić information content (AvgIpc) is 3.62. The van der Waals surface area contributed by atoms with Crippen LogP contribution in [-0.2, 0) is 18.9 Å². The third-order valence-electron chi connectivity index (χ3n) is 6.90. The van der Waals surface area contributed by atoms with Crippen LogP contribution in [0.1, 0.15) is 65.7 Å². The van der Waals surface area contributed by atoms with Gasteiger partial charge in [0.15, 0.2) is 0 Å². The summed E-state index contributed by atoms with van der Waals surface area (Å²) in [7, 11) is 1.70. The minimum Gasteiger partial charge on any atom is -0.443 e. The van der Waals surface area contributed by atoms with E-state index in [1.807, 2.05) is 0 Å². The summed E-state index contributed by atoms with van der Waals surface area (Å²) in [5, 5.41) is 2.88. The standard InChI is InChI=1S/C23H40N2O5/c1-16(2)9-10-18-22(3,30-18)20-19(27-4)17(11-12-23(20)15-28-23)29-21(26)25-14-8-6-5-7-13-24/h9,17-20H,5-8,10-15,24H2,1-4H3,(H,25,26)/t17?,18?,19?,20?,22-,23?/m1/s1. The summed E-state index contributed by atoms with van der Waals surface area (Å²) in [6.45, 7) is 8.43. The molecule has 0 radical (unpaired) electrons. The van der Waals surface area contributed by atoms with Gasteiger partial charge in [-0.05, 0) is 59.4 Å². The Morgan fingerprint density at radius 1 is 1.27 bits per heavy atom. The molecule has 5 unspecified atom stereocenters. The van der Waals surface area contributed by atoms with Crippen molar-refractivity contribution in [2.24, 2.45) is 11.7 Å². The average molecular weight is 425 g/mol. The van der Waals surface area contributed by atoms with Crippen molar-refractivity contribution >= 4 is 6.09 Å². The van der Waals surface area contributed by atoms with Gasteiger partial charge in [-0.1, -0.05) is 24.5 Å². The fraction of sp³-hybridized carbons (Fsp3) is 0.870. The first-order chi connectivity index (χ1) is 14.4. The van der Waals surface area contributed by atoms with E-state index in [0.29, 0.717) is 6.54 Å². The Kier molecular flexibility index (Phi) is 7.82. The van der Waals surface area contributed by atoms with Crippen molar-refractivity contribution in [1.82, 2.24) is 5.32 Å². The van der Waals surface area contributed by atoms with Crippen LogP contribution in [0.4, 0.5) is 4.79 Å². The largest absolute Gasteiger partial charge is 0.443 e. The summed E-state index contributed by atoms with van der Waals surface area (Å²) < 4.78 is 23.9. The second-order valence-electron chi connectivity index (χ2n) is 9.45. The predicted octanol–water partition coefficient (Wildman–Crippen LogP) is 3.31. The molecule has 3 fully saturated rings. The summed E-state index contributed by atoms with van der Waals surface area (Å²) in [6, 6.07) is 0. The second-order valence-corrected chi connectivity index (χ2v) is 9.45. The molecule has 2 saturated heterocycles. The lowest BCUT2D eigenvalue weighted by molar-refractivity contribution is -0.118. The minimum absolute atomic E-state index is 0.0494. The number of epoxide rings is 2. The molecule has 1 amide bonds.